The molecule has 4 aromatic rings. The van der Waals surface area contributed by atoms with Crippen LogP contribution in [0.1, 0.15) is 29.7 Å². The van der Waals surface area contributed by atoms with E-state index in [9.17, 15) is 18.4 Å². The van der Waals surface area contributed by atoms with Gasteiger partial charge in [-0.2, -0.15) is 5.10 Å². The van der Waals surface area contributed by atoms with Gasteiger partial charge in [-0.15, -0.1) is 0 Å². The molecular weight excluding hydrogens is 494 g/mol. The van der Waals surface area contributed by atoms with Crippen molar-refractivity contribution in [1.29, 1.82) is 0 Å². The molecule has 12 heteroatoms. The summed E-state index contributed by atoms with van der Waals surface area (Å²) in [6.07, 6.45) is 2.50. The molecule has 0 saturated heterocycles. The van der Waals surface area contributed by atoms with Crippen LogP contribution in [0.4, 0.5) is 0 Å². The fraction of sp³-hybridized carbons (Fsp3) is 0.304. The van der Waals surface area contributed by atoms with Crippen LogP contribution in [0.3, 0.4) is 0 Å². The van der Waals surface area contributed by atoms with Gasteiger partial charge in [0.25, 0.3) is 11.5 Å². The van der Waals surface area contributed by atoms with E-state index in [2.05, 4.69) is 20.4 Å². The van der Waals surface area contributed by atoms with Crippen LogP contribution >= 0.6 is 11.6 Å². The number of H-pyrrole nitrogens is 1. The first kappa shape index (κ1) is 23.5. The van der Waals surface area contributed by atoms with E-state index in [4.69, 9.17) is 16.3 Å². The van der Waals surface area contributed by atoms with Gasteiger partial charge in [-0.3, -0.25) is 9.59 Å². The first-order chi connectivity index (χ1) is 16.9. The summed E-state index contributed by atoms with van der Waals surface area (Å²) in [5, 5.41) is 6.24. The molecule has 0 aliphatic heterocycles. The van der Waals surface area contributed by atoms with E-state index >= 15 is 0 Å². The molecule has 2 heterocycles. The van der Waals surface area contributed by atoms with Crippen LogP contribution in [0.25, 0.3) is 21.8 Å². The molecule has 3 N–H and O–H groups in total. The molecule has 2 atom stereocenters. The fourth-order valence-corrected chi connectivity index (χ4v) is 4.72. The number of fused-ring (bicyclic) bond motifs is 2. The Labute approximate surface area is 206 Å². The lowest BCUT2D eigenvalue weighted by Gasteiger charge is -2.16. The average molecular weight is 516 g/mol. The van der Waals surface area contributed by atoms with Crippen molar-refractivity contribution >= 4 is 50.4 Å². The quantitative estimate of drug-likeness (QED) is 0.306. The second-order valence-electron chi connectivity index (χ2n) is 8.40. The maximum Gasteiger partial charge on any atom is 0.276 e. The molecule has 35 heavy (non-hydrogen) atoms. The number of hydrogen-bond acceptors (Lipinski definition) is 6. The molecule has 0 radical (unpaired) electrons. The van der Waals surface area contributed by atoms with Gasteiger partial charge in [0.1, 0.15) is 11.6 Å². The topological polar surface area (TPSA) is 139 Å². The SMILES string of the molecule is CNC(=O)C(n1nc(Cc2nc3cc(OCC4CC4)c(Cl)cc3[nH]2)c2ccccc2c1=O)S(=O)O. The molecule has 1 amide bonds. The Hall–Kier alpha value is -3.28. The summed E-state index contributed by atoms with van der Waals surface area (Å²) >= 11 is 3.71. The summed E-state index contributed by atoms with van der Waals surface area (Å²) in [5.41, 5.74) is 1.14. The molecule has 0 bridgehead atoms. The molecule has 5 rings (SSSR count). The molecule has 1 aliphatic rings. The Balaban J connectivity index is 1.56. The monoisotopic (exact) mass is 515 g/mol. The Morgan fingerprint density at radius 2 is 2.09 bits per heavy atom. The standard InChI is InChI=1S/C23H22ClN5O5S/c1-25-21(30)23(35(32)33)29-22(31)14-5-3-2-4-13(14)16(28-29)10-20-26-17-8-15(24)19(9-18(17)27-20)34-11-12-6-7-12/h2-5,8-9,12,23H,6-7,10-11H2,1H3,(H,25,30)(H,26,27)(H,32,33). The van der Waals surface area contributed by atoms with Gasteiger partial charge >= 0.3 is 0 Å². The number of likely N-dealkylation sites (N-methyl/N-ethyl adjacent to an activating group) is 1. The van der Waals surface area contributed by atoms with Crippen molar-refractivity contribution in [3.05, 3.63) is 63.3 Å². The fourth-order valence-electron chi connectivity index (χ4n) is 3.88. The number of imidazole rings is 1. The zero-order valence-corrected chi connectivity index (χ0v) is 20.2. The van der Waals surface area contributed by atoms with E-state index in [0.29, 0.717) is 51.2 Å². The van der Waals surface area contributed by atoms with Crippen LogP contribution in [-0.4, -0.2) is 48.1 Å². The van der Waals surface area contributed by atoms with Gasteiger partial charge in [-0.1, -0.05) is 29.8 Å². The van der Waals surface area contributed by atoms with Gasteiger partial charge in [0.15, 0.2) is 11.1 Å². The van der Waals surface area contributed by atoms with Crippen molar-refractivity contribution < 1.29 is 18.3 Å². The van der Waals surface area contributed by atoms with Gasteiger partial charge in [0, 0.05) is 18.5 Å². The van der Waals surface area contributed by atoms with Crippen molar-refractivity contribution in [2.45, 2.75) is 24.6 Å². The number of hydrogen-bond donors (Lipinski definition) is 3. The summed E-state index contributed by atoms with van der Waals surface area (Å²) in [4.78, 5) is 33.2. The molecule has 0 spiro atoms. The summed E-state index contributed by atoms with van der Waals surface area (Å²) < 4.78 is 28.3. The molecule has 2 aromatic carbocycles. The number of ether oxygens (including phenoxy) is 1. The van der Waals surface area contributed by atoms with Crippen molar-refractivity contribution in [3.8, 4) is 5.75 Å². The Morgan fingerprint density at radius 3 is 2.77 bits per heavy atom. The van der Waals surface area contributed by atoms with E-state index in [-0.39, 0.29) is 11.8 Å². The number of aromatic amines is 1. The van der Waals surface area contributed by atoms with E-state index in [1.807, 2.05) is 0 Å². The highest BCUT2D eigenvalue weighted by molar-refractivity contribution is 7.80. The molecule has 1 fully saturated rings. The lowest BCUT2D eigenvalue weighted by atomic mass is 10.1. The molecule has 2 aromatic heterocycles. The van der Waals surface area contributed by atoms with Crippen molar-refractivity contribution in [2.24, 2.45) is 5.92 Å². The molecule has 1 saturated carbocycles. The summed E-state index contributed by atoms with van der Waals surface area (Å²) in [6, 6.07) is 10.3. The predicted octanol–water partition coefficient (Wildman–Crippen LogP) is 2.77. The van der Waals surface area contributed by atoms with Crippen molar-refractivity contribution in [3.63, 3.8) is 0 Å². The maximum absolute atomic E-state index is 13.1. The van der Waals surface area contributed by atoms with Crippen LogP contribution < -0.4 is 15.6 Å². The number of halogens is 1. The molecule has 182 valence electrons. The summed E-state index contributed by atoms with van der Waals surface area (Å²) in [7, 11) is 1.32. The minimum atomic E-state index is -2.67. The lowest BCUT2D eigenvalue weighted by Crippen LogP contribution is -2.40. The first-order valence-corrected chi connectivity index (χ1v) is 12.5. The molecule has 2 unspecified atom stereocenters. The minimum absolute atomic E-state index is 0.171. The Morgan fingerprint density at radius 1 is 1.34 bits per heavy atom. The number of aromatic nitrogens is 4. The maximum atomic E-state index is 13.1. The number of rotatable bonds is 8. The van der Waals surface area contributed by atoms with Crippen LogP contribution in [0, 0.1) is 5.92 Å². The van der Waals surface area contributed by atoms with E-state index < -0.39 is 27.9 Å². The van der Waals surface area contributed by atoms with E-state index in [0.717, 1.165) is 4.68 Å². The van der Waals surface area contributed by atoms with Crippen molar-refractivity contribution in [2.75, 3.05) is 13.7 Å². The van der Waals surface area contributed by atoms with Crippen LogP contribution in [0.5, 0.6) is 5.75 Å². The zero-order chi connectivity index (χ0) is 24.7. The number of benzene rings is 2. The van der Waals surface area contributed by atoms with Gasteiger partial charge in [0.05, 0.1) is 40.2 Å². The summed E-state index contributed by atoms with van der Waals surface area (Å²) in [5.74, 6) is 0.886. The van der Waals surface area contributed by atoms with Crippen molar-refractivity contribution in [1.82, 2.24) is 25.1 Å². The van der Waals surface area contributed by atoms with Gasteiger partial charge in [0.2, 0.25) is 5.37 Å². The zero-order valence-electron chi connectivity index (χ0n) is 18.7. The molecular formula is C23H22ClN5O5S. The Kier molecular flexibility index (Phi) is 6.30. The van der Waals surface area contributed by atoms with Crippen LogP contribution in [0.2, 0.25) is 5.02 Å². The smallest absolute Gasteiger partial charge is 0.276 e. The highest BCUT2D eigenvalue weighted by atomic mass is 35.5. The number of carbonyl (C=O) groups excluding carboxylic acids is 1. The number of carbonyl (C=O) groups is 1. The molecule has 10 nitrogen and oxygen atoms in total. The highest BCUT2D eigenvalue weighted by Crippen LogP contribution is 2.33. The third-order valence-electron chi connectivity index (χ3n) is 5.88. The summed E-state index contributed by atoms with van der Waals surface area (Å²) in [6.45, 7) is 0.624. The third-order valence-corrected chi connectivity index (χ3v) is 6.97. The predicted molar refractivity (Wildman–Crippen MR) is 132 cm³/mol. The normalized spacial score (nSPS) is 15.3. The third kappa shape index (κ3) is 4.66. The number of amides is 1. The Bertz CT molecular complexity index is 1530. The average Bonchev–Trinajstić information content (AvgIpc) is 3.59. The number of nitrogens with zero attached hydrogens (tertiary/aromatic N) is 3. The minimum Gasteiger partial charge on any atom is -0.492 e. The van der Waals surface area contributed by atoms with Crippen LogP contribution in [-0.2, 0) is 22.3 Å². The van der Waals surface area contributed by atoms with E-state index in [1.165, 1.54) is 19.9 Å². The van der Waals surface area contributed by atoms with Gasteiger partial charge < -0.3 is 19.6 Å². The molecule has 1 aliphatic carbocycles. The first-order valence-electron chi connectivity index (χ1n) is 11.0. The highest BCUT2D eigenvalue weighted by Gasteiger charge is 2.29. The number of nitrogens with one attached hydrogen (secondary N) is 2. The van der Waals surface area contributed by atoms with Gasteiger partial charge in [-0.25, -0.2) is 13.9 Å². The second-order valence-corrected chi connectivity index (χ2v) is 9.81. The second kappa shape index (κ2) is 9.40. The van der Waals surface area contributed by atoms with E-state index in [1.54, 1.807) is 36.4 Å². The largest absolute Gasteiger partial charge is 0.492 e. The lowest BCUT2D eigenvalue weighted by molar-refractivity contribution is -0.121. The van der Waals surface area contributed by atoms with Crippen LogP contribution in [0.15, 0.2) is 41.2 Å². The van der Waals surface area contributed by atoms with Gasteiger partial charge in [-0.05, 0) is 30.9 Å².